The van der Waals surface area contributed by atoms with E-state index in [1.165, 1.54) is 24.3 Å². The summed E-state index contributed by atoms with van der Waals surface area (Å²) < 4.78 is 36.9. The molecule has 8 heteroatoms. The highest BCUT2D eigenvalue weighted by atomic mass is 35.5. The van der Waals surface area contributed by atoms with Gasteiger partial charge in [0.25, 0.3) is 0 Å². The average molecular weight is 397 g/mol. The van der Waals surface area contributed by atoms with Crippen molar-refractivity contribution < 1.29 is 28.1 Å². The molecule has 6 nitrogen and oxygen atoms in total. The van der Waals surface area contributed by atoms with Gasteiger partial charge in [-0.2, -0.15) is 0 Å². The second-order valence-corrected chi connectivity index (χ2v) is 9.07. The van der Waals surface area contributed by atoms with Crippen molar-refractivity contribution in [2.45, 2.75) is 16.1 Å². The molecule has 0 spiro atoms. The molecule has 1 saturated carbocycles. The molecule has 4 rings (SSSR count). The third-order valence-electron chi connectivity index (χ3n) is 5.20. The molecule has 2 aromatic carbocycles. The van der Waals surface area contributed by atoms with Crippen LogP contribution in [-0.2, 0) is 9.84 Å². The zero-order chi connectivity index (χ0) is 18.5. The van der Waals surface area contributed by atoms with Gasteiger partial charge in [0, 0.05) is 16.4 Å². The predicted molar refractivity (Wildman–Crippen MR) is 94.3 cm³/mol. The molecule has 0 radical (unpaired) electrons. The van der Waals surface area contributed by atoms with Crippen LogP contribution in [-0.4, -0.2) is 43.9 Å². The average Bonchev–Trinajstić information content (AvgIpc) is 3.12. The molecule has 138 valence electrons. The number of benzene rings is 2. The second kappa shape index (κ2) is 6.13. The number of ether oxygens (including phenoxy) is 2. The Morgan fingerprint density at radius 2 is 1.69 bits per heavy atom. The number of hydrogen-bond acceptors (Lipinski definition) is 6. The van der Waals surface area contributed by atoms with Crippen molar-refractivity contribution in [3.05, 3.63) is 53.1 Å². The number of sulfone groups is 1. The summed E-state index contributed by atoms with van der Waals surface area (Å²) in [4.78, 5) is 0.112. The summed E-state index contributed by atoms with van der Waals surface area (Å²) in [5, 5.41) is 19.3. The van der Waals surface area contributed by atoms with Crippen LogP contribution in [0.15, 0.2) is 47.4 Å². The third-order valence-corrected chi connectivity index (χ3v) is 7.79. The summed E-state index contributed by atoms with van der Waals surface area (Å²) in [6, 6.07) is 11.1. The van der Waals surface area contributed by atoms with E-state index in [4.69, 9.17) is 21.1 Å². The first-order chi connectivity index (χ1) is 12.4. The molecular formula is C18H17ClO6S. The van der Waals surface area contributed by atoms with E-state index < -0.39 is 39.6 Å². The third kappa shape index (κ3) is 2.50. The molecule has 1 heterocycles. The fourth-order valence-corrected chi connectivity index (χ4v) is 6.31. The molecule has 1 fully saturated rings. The number of rotatable bonds is 5. The van der Waals surface area contributed by atoms with Crippen LogP contribution in [0.25, 0.3) is 0 Å². The molecule has 2 aromatic rings. The van der Waals surface area contributed by atoms with E-state index in [0.29, 0.717) is 22.1 Å². The summed E-state index contributed by atoms with van der Waals surface area (Å²) in [5.41, 5.74) is -0.466. The molecule has 0 aromatic heterocycles. The lowest BCUT2D eigenvalue weighted by Gasteiger charge is -2.11. The van der Waals surface area contributed by atoms with Crippen molar-refractivity contribution >= 4 is 21.4 Å². The van der Waals surface area contributed by atoms with Gasteiger partial charge < -0.3 is 19.7 Å². The Bertz CT molecular complexity index is 937. The summed E-state index contributed by atoms with van der Waals surface area (Å²) >= 11 is 5.85. The van der Waals surface area contributed by atoms with E-state index in [1.807, 2.05) is 0 Å². The molecule has 0 unspecified atom stereocenters. The summed E-state index contributed by atoms with van der Waals surface area (Å²) in [7, 11) is -3.78. The van der Waals surface area contributed by atoms with Gasteiger partial charge in [0.15, 0.2) is 21.3 Å². The van der Waals surface area contributed by atoms with Crippen LogP contribution in [0.1, 0.15) is 11.5 Å². The van der Waals surface area contributed by atoms with Crippen LogP contribution in [0, 0.1) is 5.41 Å². The number of aliphatic hydroxyl groups is 2. The summed E-state index contributed by atoms with van der Waals surface area (Å²) in [6.07, 6.45) is 0. The lowest BCUT2D eigenvalue weighted by molar-refractivity contribution is 0.130. The maximum atomic E-state index is 13.1. The number of hydrogen-bond donors (Lipinski definition) is 2. The lowest BCUT2D eigenvalue weighted by Crippen LogP contribution is -2.23. The van der Waals surface area contributed by atoms with E-state index in [-0.39, 0.29) is 11.7 Å². The van der Waals surface area contributed by atoms with Gasteiger partial charge >= 0.3 is 0 Å². The Morgan fingerprint density at radius 1 is 1.04 bits per heavy atom. The van der Waals surface area contributed by atoms with Crippen LogP contribution < -0.4 is 9.47 Å². The van der Waals surface area contributed by atoms with Crippen molar-refractivity contribution in [3.8, 4) is 11.5 Å². The lowest BCUT2D eigenvalue weighted by atomic mass is 10.0. The number of fused-ring (bicyclic) bond motifs is 1. The summed E-state index contributed by atoms with van der Waals surface area (Å²) in [6.45, 7) is -0.776. The van der Waals surface area contributed by atoms with E-state index in [9.17, 15) is 18.6 Å². The van der Waals surface area contributed by atoms with E-state index >= 15 is 0 Å². The Morgan fingerprint density at radius 3 is 2.35 bits per heavy atom. The van der Waals surface area contributed by atoms with Gasteiger partial charge in [-0.05, 0) is 42.0 Å². The highest BCUT2D eigenvalue weighted by molar-refractivity contribution is 7.92. The molecule has 1 aliphatic heterocycles. The van der Waals surface area contributed by atoms with Gasteiger partial charge in [0.05, 0.1) is 23.4 Å². The van der Waals surface area contributed by atoms with Gasteiger partial charge in [-0.3, -0.25) is 0 Å². The highest BCUT2D eigenvalue weighted by Gasteiger charge is 2.70. The molecule has 2 atom stereocenters. The SMILES string of the molecule is O=S(=O)(c1ccc(Cl)cc1)[C@@H]1[C@@H](c2ccc3c(c2)OCO3)C1(CO)CO. The molecule has 2 N–H and O–H groups in total. The molecule has 0 bridgehead atoms. The molecule has 26 heavy (non-hydrogen) atoms. The smallest absolute Gasteiger partial charge is 0.231 e. The highest BCUT2D eigenvalue weighted by Crippen LogP contribution is 2.64. The second-order valence-electron chi connectivity index (χ2n) is 6.56. The van der Waals surface area contributed by atoms with Crippen LogP contribution in [0.5, 0.6) is 11.5 Å². The van der Waals surface area contributed by atoms with E-state index in [1.54, 1.807) is 18.2 Å². The standard InChI is InChI=1S/C18H17ClO6S/c19-12-2-4-13(5-3-12)26(22,23)17-16(18(17,8-20)9-21)11-1-6-14-15(7-11)25-10-24-14/h1-7,16-17,20-21H,8-10H2/t16-,17-/m1/s1. The van der Waals surface area contributed by atoms with E-state index in [2.05, 4.69) is 0 Å². The van der Waals surface area contributed by atoms with Gasteiger partial charge in [-0.25, -0.2) is 8.42 Å². The molecule has 0 amide bonds. The molecule has 2 aliphatic rings. The minimum absolute atomic E-state index is 0.112. The van der Waals surface area contributed by atoms with Crippen molar-refractivity contribution in [2.75, 3.05) is 20.0 Å². The first-order valence-electron chi connectivity index (χ1n) is 8.05. The van der Waals surface area contributed by atoms with Crippen LogP contribution in [0.2, 0.25) is 5.02 Å². The van der Waals surface area contributed by atoms with E-state index in [0.717, 1.165) is 0 Å². The normalized spacial score (nSPS) is 23.0. The zero-order valence-electron chi connectivity index (χ0n) is 13.6. The topological polar surface area (TPSA) is 93.1 Å². The monoisotopic (exact) mass is 396 g/mol. The van der Waals surface area contributed by atoms with Gasteiger partial charge in [0.1, 0.15) is 0 Å². The first kappa shape index (κ1) is 17.6. The van der Waals surface area contributed by atoms with Crippen LogP contribution >= 0.6 is 11.6 Å². The Labute approximate surface area is 155 Å². The number of aliphatic hydroxyl groups excluding tert-OH is 2. The maximum Gasteiger partial charge on any atom is 0.231 e. The zero-order valence-corrected chi connectivity index (χ0v) is 15.2. The largest absolute Gasteiger partial charge is 0.454 e. The van der Waals surface area contributed by atoms with Crippen molar-refractivity contribution in [1.82, 2.24) is 0 Å². The minimum Gasteiger partial charge on any atom is -0.454 e. The fraction of sp³-hybridized carbons (Fsp3) is 0.333. The fourth-order valence-electron chi connectivity index (χ4n) is 3.75. The van der Waals surface area contributed by atoms with Crippen molar-refractivity contribution in [1.29, 1.82) is 0 Å². The summed E-state index contributed by atoms with van der Waals surface area (Å²) in [5.74, 6) is 0.569. The molecular weight excluding hydrogens is 380 g/mol. The van der Waals surface area contributed by atoms with Gasteiger partial charge in [0.2, 0.25) is 6.79 Å². The molecule has 1 aliphatic carbocycles. The molecule has 0 saturated heterocycles. The van der Waals surface area contributed by atoms with Gasteiger partial charge in [-0.1, -0.05) is 17.7 Å². The quantitative estimate of drug-likeness (QED) is 0.802. The van der Waals surface area contributed by atoms with Crippen molar-refractivity contribution in [2.24, 2.45) is 5.41 Å². The Hall–Kier alpha value is -1.80. The minimum atomic E-state index is -3.78. The Balaban J connectivity index is 1.76. The van der Waals surface area contributed by atoms with Crippen LogP contribution in [0.4, 0.5) is 0 Å². The van der Waals surface area contributed by atoms with Crippen LogP contribution in [0.3, 0.4) is 0 Å². The Kier molecular flexibility index (Phi) is 4.15. The van der Waals surface area contributed by atoms with Crippen molar-refractivity contribution in [3.63, 3.8) is 0 Å². The number of halogens is 1. The van der Waals surface area contributed by atoms with Gasteiger partial charge in [-0.15, -0.1) is 0 Å². The maximum absolute atomic E-state index is 13.1. The first-order valence-corrected chi connectivity index (χ1v) is 9.97. The predicted octanol–water partition coefficient (Wildman–Crippen LogP) is 1.98.